The Morgan fingerprint density at radius 3 is 2.48 bits per heavy atom. The fourth-order valence-electron chi connectivity index (χ4n) is 6.69. The second-order valence-electron chi connectivity index (χ2n) is 9.34. The normalized spacial score (nSPS) is 53.0. The summed E-state index contributed by atoms with van der Waals surface area (Å²) in [4.78, 5) is 13.2. The average molecular weight is 352 g/mol. The van der Waals surface area contributed by atoms with Crippen LogP contribution in [-0.2, 0) is 9.53 Å². The number of fused-ring (bicyclic) bond motifs is 3. The number of aliphatic hydroxyl groups excluding tert-OH is 3. The number of carbonyl (C=O) groups excluding carboxylic acids is 1. The monoisotopic (exact) mass is 352 g/mol. The Kier molecular flexibility index (Phi) is 4.47. The minimum absolute atomic E-state index is 0.0212. The van der Waals surface area contributed by atoms with Crippen LogP contribution in [0.15, 0.2) is 12.7 Å². The average Bonchev–Trinajstić information content (AvgIpc) is 2.52. The van der Waals surface area contributed by atoms with Crippen molar-refractivity contribution in [2.75, 3.05) is 13.2 Å². The van der Waals surface area contributed by atoms with Gasteiger partial charge in [0, 0.05) is 36.7 Å². The standard InChI is InChI=1S/C20H32O5/c1-5-20(12-22)10-14(24)16-18(3)8-6-7-17(2,11-21)15(18)13(23)9-19(16,4)25-20/h5,14-16,21-22,24H,1,6-12H2,2-4H3/t14-,15+,16-,17-,18-,19+,20-/m1/s1. The van der Waals surface area contributed by atoms with Gasteiger partial charge in [0.25, 0.3) is 0 Å². The first-order chi connectivity index (χ1) is 11.6. The highest BCUT2D eigenvalue weighted by molar-refractivity contribution is 5.85. The Morgan fingerprint density at radius 1 is 1.24 bits per heavy atom. The van der Waals surface area contributed by atoms with E-state index in [-0.39, 0.29) is 43.7 Å². The molecule has 3 rings (SSSR count). The van der Waals surface area contributed by atoms with Crippen molar-refractivity contribution in [2.24, 2.45) is 22.7 Å². The van der Waals surface area contributed by atoms with Gasteiger partial charge in [-0.15, -0.1) is 6.58 Å². The van der Waals surface area contributed by atoms with E-state index in [1.54, 1.807) is 6.08 Å². The summed E-state index contributed by atoms with van der Waals surface area (Å²) in [5.74, 6) is -0.392. The lowest BCUT2D eigenvalue weighted by atomic mass is 9.43. The summed E-state index contributed by atoms with van der Waals surface area (Å²) in [7, 11) is 0. The number of ketones is 1. The molecule has 0 aromatic heterocycles. The molecule has 0 radical (unpaired) electrons. The number of ether oxygens (including phenoxy) is 1. The van der Waals surface area contributed by atoms with Crippen molar-refractivity contribution in [1.82, 2.24) is 0 Å². The lowest BCUT2D eigenvalue weighted by molar-refractivity contribution is -0.284. The molecule has 0 aromatic carbocycles. The number of Topliss-reactive ketones (excluding diaryl/α,β-unsaturated/α-hetero) is 1. The van der Waals surface area contributed by atoms with Crippen molar-refractivity contribution < 1.29 is 24.9 Å². The van der Waals surface area contributed by atoms with Crippen molar-refractivity contribution in [1.29, 1.82) is 0 Å². The molecule has 2 saturated carbocycles. The molecule has 142 valence electrons. The minimum Gasteiger partial charge on any atom is -0.396 e. The van der Waals surface area contributed by atoms with E-state index in [1.807, 2.05) is 13.8 Å². The Morgan fingerprint density at radius 2 is 1.92 bits per heavy atom. The van der Waals surface area contributed by atoms with Crippen molar-refractivity contribution in [2.45, 2.75) is 70.2 Å². The number of carbonyl (C=O) groups is 1. The topological polar surface area (TPSA) is 87.0 Å². The Bertz CT molecular complexity index is 576. The van der Waals surface area contributed by atoms with Crippen molar-refractivity contribution >= 4 is 5.78 Å². The van der Waals surface area contributed by atoms with E-state index in [2.05, 4.69) is 13.5 Å². The van der Waals surface area contributed by atoms with Crippen LogP contribution in [0.3, 0.4) is 0 Å². The fourth-order valence-corrected chi connectivity index (χ4v) is 6.69. The second-order valence-corrected chi connectivity index (χ2v) is 9.34. The first-order valence-corrected chi connectivity index (χ1v) is 9.36. The van der Waals surface area contributed by atoms with Crippen molar-refractivity contribution in [3.05, 3.63) is 12.7 Å². The van der Waals surface area contributed by atoms with Crippen LogP contribution in [0.4, 0.5) is 0 Å². The summed E-state index contributed by atoms with van der Waals surface area (Å²) >= 11 is 0. The maximum Gasteiger partial charge on any atom is 0.140 e. The van der Waals surface area contributed by atoms with Gasteiger partial charge < -0.3 is 20.1 Å². The SMILES string of the molecule is C=C[C@]1(CO)C[C@@H](O)[C@@H]2[C@]3(C)CCC[C@](C)(CO)[C@@H]3C(=O)C[C@]2(C)O1. The Labute approximate surface area is 150 Å². The van der Waals surface area contributed by atoms with Gasteiger partial charge in [0.15, 0.2) is 0 Å². The predicted octanol–water partition coefficient (Wildman–Crippen LogP) is 1.84. The first-order valence-electron chi connectivity index (χ1n) is 9.36. The second kappa shape index (κ2) is 5.88. The summed E-state index contributed by atoms with van der Waals surface area (Å²) < 4.78 is 6.31. The summed E-state index contributed by atoms with van der Waals surface area (Å²) in [6, 6.07) is 0. The molecule has 0 unspecified atom stereocenters. The maximum atomic E-state index is 13.2. The molecule has 1 aliphatic heterocycles. The Balaban J connectivity index is 2.08. The molecule has 1 heterocycles. The highest BCUT2D eigenvalue weighted by Gasteiger charge is 2.67. The third-order valence-corrected chi connectivity index (χ3v) is 7.41. The lowest BCUT2D eigenvalue weighted by Crippen LogP contribution is -2.70. The molecule has 25 heavy (non-hydrogen) atoms. The van der Waals surface area contributed by atoms with Crippen LogP contribution < -0.4 is 0 Å². The molecule has 3 fully saturated rings. The van der Waals surface area contributed by atoms with Crippen LogP contribution in [0.1, 0.15) is 52.9 Å². The third kappa shape index (κ3) is 2.54. The summed E-state index contributed by atoms with van der Waals surface area (Å²) in [5.41, 5.74) is -2.73. The number of hydrogen-bond donors (Lipinski definition) is 3. The number of aliphatic hydroxyl groups is 3. The van der Waals surface area contributed by atoms with E-state index < -0.39 is 28.1 Å². The summed E-state index contributed by atoms with van der Waals surface area (Å²) in [6.07, 6.45) is 3.91. The summed E-state index contributed by atoms with van der Waals surface area (Å²) in [5, 5.41) is 30.9. The van der Waals surface area contributed by atoms with Crippen molar-refractivity contribution in [3.63, 3.8) is 0 Å². The molecule has 7 atom stereocenters. The van der Waals surface area contributed by atoms with Gasteiger partial charge in [0.1, 0.15) is 11.4 Å². The summed E-state index contributed by atoms with van der Waals surface area (Å²) in [6.45, 7) is 9.45. The molecular weight excluding hydrogens is 320 g/mol. The van der Waals surface area contributed by atoms with Gasteiger partial charge in [0.05, 0.1) is 18.3 Å². The van der Waals surface area contributed by atoms with E-state index in [0.29, 0.717) is 0 Å². The van der Waals surface area contributed by atoms with E-state index in [4.69, 9.17) is 4.74 Å². The van der Waals surface area contributed by atoms with Crippen LogP contribution in [-0.4, -0.2) is 51.6 Å². The highest BCUT2D eigenvalue weighted by atomic mass is 16.5. The largest absolute Gasteiger partial charge is 0.396 e. The lowest BCUT2D eigenvalue weighted by Gasteiger charge is -2.65. The highest BCUT2D eigenvalue weighted by Crippen LogP contribution is 2.64. The third-order valence-electron chi connectivity index (χ3n) is 7.41. The molecule has 1 saturated heterocycles. The maximum absolute atomic E-state index is 13.2. The molecular formula is C20H32O5. The quantitative estimate of drug-likeness (QED) is 0.675. The molecule has 0 bridgehead atoms. The van der Waals surface area contributed by atoms with Crippen LogP contribution in [0.25, 0.3) is 0 Å². The molecule has 3 N–H and O–H groups in total. The van der Waals surface area contributed by atoms with E-state index in [1.165, 1.54) is 0 Å². The van der Waals surface area contributed by atoms with Crippen LogP contribution >= 0.6 is 0 Å². The smallest absolute Gasteiger partial charge is 0.140 e. The van der Waals surface area contributed by atoms with E-state index in [9.17, 15) is 20.1 Å². The minimum atomic E-state index is -1.01. The molecule has 0 amide bonds. The number of hydrogen-bond acceptors (Lipinski definition) is 5. The van der Waals surface area contributed by atoms with Gasteiger partial charge in [-0.3, -0.25) is 4.79 Å². The molecule has 5 heteroatoms. The molecule has 0 spiro atoms. The van der Waals surface area contributed by atoms with Crippen LogP contribution in [0.5, 0.6) is 0 Å². The van der Waals surface area contributed by atoms with Crippen LogP contribution in [0.2, 0.25) is 0 Å². The predicted molar refractivity (Wildman–Crippen MR) is 93.9 cm³/mol. The van der Waals surface area contributed by atoms with Gasteiger partial charge in [0.2, 0.25) is 0 Å². The Hall–Kier alpha value is -0.750. The van der Waals surface area contributed by atoms with Gasteiger partial charge in [-0.2, -0.15) is 0 Å². The van der Waals surface area contributed by atoms with Crippen LogP contribution in [0, 0.1) is 22.7 Å². The molecule has 2 aliphatic carbocycles. The zero-order chi connectivity index (χ0) is 18.7. The zero-order valence-corrected chi connectivity index (χ0v) is 15.6. The zero-order valence-electron chi connectivity index (χ0n) is 15.6. The van der Waals surface area contributed by atoms with Gasteiger partial charge in [-0.05, 0) is 25.2 Å². The molecule has 5 nitrogen and oxygen atoms in total. The van der Waals surface area contributed by atoms with Crippen molar-refractivity contribution in [3.8, 4) is 0 Å². The van der Waals surface area contributed by atoms with E-state index >= 15 is 0 Å². The molecule has 0 aromatic rings. The van der Waals surface area contributed by atoms with Gasteiger partial charge in [-0.1, -0.05) is 26.3 Å². The first kappa shape index (κ1) is 19.0. The molecule has 3 aliphatic rings. The van der Waals surface area contributed by atoms with Gasteiger partial charge >= 0.3 is 0 Å². The van der Waals surface area contributed by atoms with E-state index in [0.717, 1.165) is 19.3 Å². The van der Waals surface area contributed by atoms with Gasteiger partial charge in [-0.25, -0.2) is 0 Å². The number of rotatable bonds is 3. The fraction of sp³-hybridized carbons (Fsp3) is 0.850.